The fourth-order valence-electron chi connectivity index (χ4n) is 2.68. The number of phenols is 1. The first-order chi connectivity index (χ1) is 12.0. The van der Waals surface area contributed by atoms with Crippen molar-refractivity contribution >= 4 is 23.2 Å². The first-order valence-corrected chi connectivity index (χ1v) is 8.33. The molecule has 0 atom stereocenters. The minimum absolute atomic E-state index is 0.0282. The van der Waals surface area contributed by atoms with Gasteiger partial charge in [0.1, 0.15) is 17.3 Å². The summed E-state index contributed by atoms with van der Waals surface area (Å²) in [7, 11) is 1.59. The molecule has 128 valence electrons. The van der Waals surface area contributed by atoms with Gasteiger partial charge >= 0.3 is 0 Å². The molecule has 0 aromatic heterocycles. The Kier molecular flexibility index (Phi) is 5.16. The summed E-state index contributed by atoms with van der Waals surface area (Å²) in [5.41, 5.74) is 3.40. The Labute approximate surface area is 155 Å². The monoisotopic (exact) mass is 376 g/mol. The van der Waals surface area contributed by atoms with E-state index in [-0.39, 0.29) is 11.6 Å². The molecule has 0 aliphatic rings. The van der Waals surface area contributed by atoms with E-state index in [0.29, 0.717) is 22.2 Å². The number of benzene rings is 3. The van der Waals surface area contributed by atoms with E-state index in [4.69, 9.17) is 27.9 Å². The van der Waals surface area contributed by atoms with Crippen molar-refractivity contribution in [2.75, 3.05) is 7.11 Å². The normalized spacial score (nSPS) is 10.7. The summed E-state index contributed by atoms with van der Waals surface area (Å²) in [6.07, 6.45) is 0.496. The molecule has 0 saturated carbocycles. The van der Waals surface area contributed by atoms with Crippen molar-refractivity contribution in [2.45, 2.75) is 6.42 Å². The third-order valence-electron chi connectivity index (χ3n) is 3.93. The number of methoxy groups -OCH3 is 1. The number of ether oxygens (including phenoxy) is 1. The number of phenolic OH excluding ortho intramolecular Hbond substituents is 1. The highest BCUT2D eigenvalue weighted by molar-refractivity contribution is 6.36. The van der Waals surface area contributed by atoms with Crippen molar-refractivity contribution < 1.29 is 14.2 Å². The van der Waals surface area contributed by atoms with Crippen LogP contribution in [-0.2, 0) is 6.42 Å². The van der Waals surface area contributed by atoms with Crippen LogP contribution in [0.4, 0.5) is 4.39 Å². The maximum atomic E-state index is 13.2. The molecule has 0 bridgehead atoms. The number of hydrogen-bond acceptors (Lipinski definition) is 2. The van der Waals surface area contributed by atoms with Crippen molar-refractivity contribution in [3.05, 3.63) is 81.6 Å². The molecule has 25 heavy (non-hydrogen) atoms. The molecule has 0 unspecified atom stereocenters. The maximum Gasteiger partial charge on any atom is 0.126 e. The minimum Gasteiger partial charge on any atom is -0.508 e. The molecule has 5 heteroatoms. The molecule has 0 spiro atoms. The summed E-state index contributed by atoms with van der Waals surface area (Å²) in [5, 5.41) is 10.4. The van der Waals surface area contributed by atoms with Gasteiger partial charge in [-0.2, -0.15) is 0 Å². The average molecular weight is 377 g/mol. The zero-order valence-corrected chi connectivity index (χ0v) is 14.9. The number of aromatic hydroxyl groups is 1. The van der Waals surface area contributed by atoms with Crippen LogP contribution < -0.4 is 4.74 Å². The Hall–Kier alpha value is -2.23. The van der Waals surface area contributed by atoms with Crippen LogP contribution in [0.5, 0.6) is 11.5 Å². The first kappa shape index (κ1) is 17.6. The van der Waals surface area contributed by atoms with Gasteiger partial charge in [0, 0.05) is 22.0 Å². The summed E-state index contributed by atoms with van der Waals surface area (Å²) in [6.45, 7) is 0. The molecule has 0 radical (unpaired) electrons. The van der Waals surface area contributed by atoms with Gasteiger partial charge in [-0.25, -0.2) is 4.39 Å². The molecule has 0 saturated heterocycles. The molecule has 0 aliphatic carbocycles. The van der Waals surface area contributed by atoms with Gasteiger partial charge in [-0.3, -0.25) is 0 Å². The number of halogens is 3. The largest absolute Gasteiger partial charge is 0.508 e. The molecule has 0 fully saturated rings. The third kappa shape index (κ3) is 3.89. The Balaban J connectivity index is 2.01. The molecule has 0 aliphatic heterocycles. The molecule has 3 rings (SSSR count). The van der Waals surface area contributed by atoms with Crippen LogP contribution in [0.2, 0.25) is 10.0 Å². The number of hydrogen-bond donors (Lipinski definition) is 1. The summed E-state index contributed by atoms with van der Waals surface area (Å²) in [5.74, 6) is 0.431. The van der Waals surface area contributed by atoms with Gasteiger partial charge in [-0.15, -0.1) is 0 Å². The van der Waals surface area contributed by atoms with E-state index in [0.717, 1.165) is 22.3 Å². The van der Waals surface area contributed by atoms with Gasteiger partial charge in [0.2, 0.25) is 0 Å². The van der Waals surface area contributed by atoms with Gasteiger partial charge in [0.15, 0.2) is 0 Å². The lowest BCUT2D eigenvalue weighted by Crippen LogP contribution is -1.94. The molecule has 3 aromatic rings. The molecule has 0 amide bonds. The Morgan fingerprint density at radius 1 is 0.960 bits per heavy atom. The van der Waals surface area contributed by atoms with Crippen molar-refractivity contribution in [1.29, 1.82) is 0 Å². The molecular weight excluding hydrogens is 362 g/mol. The molecule has 3 aromatic carbocycles. The van der Waals surface area contributed by atoms with Crippen LogP contribution in [0, 0.1) is 5.82 Å². The summed E-state index contributed by atoms with van der Waals surface area (Å²) in [4.78, 5) is 0. The van der Waals surface area contributed by atoms with E-state index in [1.54, 1.807) is 19.2 Å². The second-order valence-electron chi connectivity index (χ2n) is 5.61. The van der Waals surface area contributed by atoms with E-state index < -0.39 is 0 Å². The van der Waals surface area contributed by atoms with E-state index in [1.807, 2.05) is 18.2 Å². The van der Waals surface area contributed by atoms with Gasteiger partial charge in [-0.1, -0.05) is 41.4 Å². The van der Waals surface area contributed by atoms with E-state index in [2.05, 4.69) is 0 Å². The SMILES string of the molecule is COc1ccc(Cc2c(Cl)cc(O)cc2Cl)cc1-c1ccc(F)cc1. The van der Waals surface area contributed by atoms with Gasteiger partial charge in [0.25, 0.3) is 0 Å². The van der Waals surface area contributed by atoms with Crippen LogP contribution in [0.1, 0.15) is 11.1 Å². The molecule has 1 N–H and O–H groups in total. The van der Waals surface area contributed by atoms with Crippen molar-refractivity contribution in [1.82, 2.24) is 0 Å². The van der Waals surface area contributed by atoms with E-state index in [1.165, 1.54) is 24.3 Å². The van der Waals surface area contributed by atoms with Gasteiger partial charge < -0.3 is 9.84 Å². The molecule has 0 heterocycles. The van der Waals surface area contributed by atoms with Crippen molar-refractivity contribution in [2.24, 2.45) is 0 Å². The van der Waals surface area contributed by atoms with Crippen molar-refractivity contribution in [3.63, 3.8) is 0 Å². The first-order valence-electron chi connectivity index (χ1n) is 7.57. The highest BCUT2D eigenvalue weighted by Gasteiger charge is 2.12. The quantitative estimate of drug-likeness (QED) is 0.595. The zero-order valence-electron chi connectivity index (χ0n) is 13.4. The second-order valence-corrected chi connectivity index (χ2v) is 6.42. The van der Waals surface area contributed by atoms with Crippen LogP contribution in [0.3, 0.4) is 0 Å². The maximum absolute atomic E-state index is 13.2. The number of rotatable bonds is 4. The lowest BCUT2D eigenvalue weighted by molar-refractivity contribution is 0.416. The van der Waals surface area contributed by atoms with Gasteiger partial charge in [0.05, 0.1) is 7.11 Å². The lowest BCUT2D eigenvalue weighted by Gasteiger charge is -2.13. The topological polar surface area (TPSA) is 29.5 Å². The standard InChI is InChI=1S/C20H15Cl2FO2/c1-25-20-7-2-12(8-16(20)13-3-5-14(23)6-4-13)9-17-18(21)10-15(24)11-19(17)22/h2-8,10-11,24H,9H2,1H3. The van der Waals surface area contributed by atoms with E-state index >= 15 is 0 Å². The lowest BCUT2D eigenvalue weighted by atomic mass is 9.98. The third-order valence-corrected chi connectivity index (χ3v) is 4.60. The predicted octanol–water partition coefficient (Wildman–Crippen LogP) is 6.10. The van der Waals surface area contributed by atoms with Crippen LogP contribution in [0.25, 0.3) is 11.1 Å². The Bertz CT molecular complexity index is 885. The molecular formula is C20H15Cl2FO2. The van der Waals surface area contributed by atoms with E-state index in [9.17, 15) is 9.50 Å². The summed E-state index contributed by atoms with van der Waals surface area (Å²) in [6, 6.07) is 14.9. The fraction of sp³-hybridized carbons (Fsp3) is 0.100. The second kappa shape index (κ2) is 7.34. The Morgan fingerprint density at radius 3 is 2.20 bits per heavy atom. The smallest absolute Gasteiger partial charge is 0.126 e. The van der Waals surface area contributed by atoms with Crippen LogP contribution >= 0.6 is 23.2 Å². The predicted molar refractivity (Wildman–Crippen MR) is 99.3 cm³/mol. The highest BCUT2D eigenvalue weighted by atomic mass is 35.5. The van der Waals surface area contributed by atoms with Crippen LogP contribution in [0.15, 0.2) is 54.6 Å². The Morgan fingerprint density at radius 2 is 1.60 bits per heavy atom. The summed E-state index contributed by atoms with van der Waals surface area (Å²) < 4.78 is 18.6. The zero-order chi connectivity index (χ0) is 18.0. The highest BCUT2D eigenvalue weighted by Crippen LogP contribution is 2.35. The summed E-state index contributed by atoms with van der Waals surface area (Å²) >= 11 is 12.4. The van der Waals surface area contributed by atoms with Crippen molar-refractivity contribution in [3.8, 4) is 22.6 Å². The average Bonchev–Trinajstić information content (AvgIpc) is 2.58. The van der Waals surface area contributed by atoms with Crippen LogP contribution in [-0.4, -0.2) is 12.2 Å². The minimum atomic E-state index is -0.290. The van der Waals surface area contributed by atoms with Gasteiger partial charge in [-0.05, 0) is 53.1 Å². The fourth-order valence-corrected chi connectivity index (χ4v) is 3.29. The molecule has 2 nitrogen and oxygen atoms in total.